The quantitative estimate of drug-likeness (QED) is 0.843. The van der Waals surface area contributed by atoms with Crippen LogP contribution in [0.1, 0.15) is 52.7 Å². The van der Waals surface area contributed by atoms with Crippen LogP contribution >= 0.6 is 0 Å². The topological polar surface area (TPSA) is 50.4 Å². The number of benzene rings is 1. The van der Waals surface area contributed by atoms with Gasteiger partial charge < -0.3 is 15.4 Å². The first-order valence-electron chi connectivity index (χ1n) is 7.91. The van der Waals surface area contributed by atoms with Crippen molar-refractivity contribution in [1.82, 2.24) is 10.6 Å². The highest BCUT2D eigenvalue weighted by Crippen LogP contribution is 2.12. The zero-order chi connectivity index (χ0) is 16.8. The van der Waals surface area contributed by atoms with Gasteiger partial charge >= 0.3 is 6.09 Å². The highest BCUT2D eigenvalue weighted by atomic mass is 16.6. The van der Waals surface area contributed by atoms with Crippen LogP contribution in [0.4, 0.5) is 4.79 Å². The molecule has 2 N–H and O–H groups in total. The number of hydrogen-bond donors (Lipinski definition) is 2. The van der Waals surface area contributed by atoms with Crippen molar-refractivity contribution in [1.29, 1.82) is 0 Å². The van der Waals surface area contributed by atoms with Crippen LogP contribution in [0.2, 0.25) is 0 Å². The van der Waals surface area contributed by atoms with Gasteiger partial charge in [-0.15, -0.1) is 0 Å². The number of hydrogen-bond acceptors (Lipinski definition) is 3. The van der Waals surface area contributed by atoms with Crippen molar-refractivity contribution in [3.8, 4) is 0 Å². The van der Waals surface area contributed by atoms with E-state index in [0.29, 0.717) is 6.54 Å². The van der Waals surface area contributed by atoms with Crippen LogP contribution in [-0.4, -0.2) is 23.8 Å². The normalized spacial score (nSPS) is 12.1. The predicted octanol–water partition coefficient (Wildman–Crippen LogP) is 3.64. The van der Waals surface area contributed by atoms with Crippen molar-refractivity contribution in [2.75, 3.05) is 6.54 Å². The van der Waals surface area contributed by atoms with E-state index >= 15 is 0 Å². The van der Waals surface area contributed by atoms with Gasteiger partial charge in [-0.3, -0.25) is 0 Å². The van der Waals surface area contributed by atoms with Crippen molar-refractivity contribution in [2.24, 2.45) is 0 Å². The summed E-state index contributed by atoms with van der Waals surface area (Å²) in [5.41, 5.74) is 1.97. The minimum Gasteiger partial charge on any atom is -0.444 e. The first-order valence-corrected chi connectivity index (χ1v) is 7.91. The number of rotatable bonds is 6. The Kier molecular flexibility index (Phi) is 6.42. The van der Waals surface area contributed by atoms with Crippen molar-refractivity contribution >= 4 is 6.09 Å². The van der Waals surface area contributed by atoms with E-state index in [2.05, 4.69) is 55.7 Å². The molecular weight excluding hydrogens is 276 g/mol. The third-order valence-electron chi connectivity index (χ3n) is 3.33. The molecule has 1 aromatic carbocycles. The van der Waals surface area contributed by atoms with Crippen LogP contribution in [0.3, 0.4) is 0 Å². The smallest absolute Gasteiger partial charge is 0.407 e. The molecule has 1 amide bonds. The molecule has 0 saturated carbocycles. The largest absolute Gasteiger partial charge is 0.444 e. The Hall–Kier alpha value is -1.55. The fourth-order valence-corrected chi connectivity index (χ4v) is 2.08. The second-order valence-corrected chi connectivity index (χ2v) is 7.22. The lowest BCUT2D eigenvalue weighted by atomic mass is 10.0. The van der Waals surface area contributed by atoms with Gasteiger partial charge in [-0.2, -0.15) is 0 Å². The summed E-state index contributed by atoms with van der Waals surface area (Å²) >= 11 is 0. The maximum atomic E-state index is 11.7. The van der Waals surface area contributed by atoms with Gasteiger partial charge in [0, 0.05) is 18.6 Å². The van der Waals surface area contributed by atoms with E-state index in [1.165, 1.54) is 11.1 Å². The van der Waals surface area contributed by atoms with Crippen molar-refractivity contribution in [3.05, 3.63) is 35.4 Å². The molecule has 1 aromatic rings. The van der Waals surface area contributed by atoms with Crippen LogP contribution < -0.4 is 10.6 Å². The van der Waals surface area contributed by atoms with Gasteiger partial charge in [0.15, 0.2) is 0 Å². The van der Waals surface area contributed by atoms with E-state index in [9.17, 15) is 4.79 Å². The molecule has 1 rings (SSSR count). The van der Waals surface area contributed by atoms with Gasteiger partial charge in [0.2, 0.25) is 0 Å². The molecule has 0 atom stereocenters. The Balaban J connectivity index is 2.48. The van der Waals surface area contributed by atoms with E-state index in [1.54, 1.807) is 0 Å². The Morgan fingerprint density at radius 2 is 1.68 bits per heavy atom. The highest BCUT2D eigenvalue weighted by molar-refractivity contribution is 5.67. The van der Waals surface area contributed by atoms with E-state index in [1.807, 2.05) is 20.8 Å². The monoisotopic (exact) mass is 306 g/mol. The second-order valence-electron chi connectivity index (χ2n) is 7.22. The first kappa shape index (κ1) is 18.5. The van der Waals surface area contributed by atoms with Crippen LogP contribution in [-0.2, 0) is 17.7 Å². The van der Waals surface area contributed by atoms with Crippen molar-refractivity contribution in [3.63, 3.8) is 0 Å². The second kappa shape index (κ2) is 7.63. The number of carbonyl (C=O) groups is 1. The molecule has 0 spiro atoms. The Bertz CT molecular complexity index is 490. The molecule has 4 nitrogen and oxygen atoms in total. The standard InChI is InChI=1S/C18H30N2O2/c1-7-14-10-8-9-11-15(14)12-20-18(5,6)13-19-16(21)22-17(2,3)4/h8-11,20H,7,12-13H2,1-6H3,(H,19,21). The number of aryl methyl sites for hydroxylation is 1. The summed E-state index contributed by atoms with van der Waals surface area (Å²) in [4.78, 5) is 11.7. The number of amides is 1. The molecule has 22 heavy (non-hydrogen) atoms. The Morgan fingerprint density at radius 1 is 1.09 bits per heavy atom. The Morgan fingerprint density at radius 3 is 2.23 bits per heavy atom. The SMILES string of the molecule is CCc1ccccc1CNC(C)(C)CNC(=O)OC(C)(C)C. The van der Waals surface area contributed by atoms with Crippen LogP contribution in [0.15, 0.2) is 24.3 Å². The average Bonchev–Trinajstić information content (AvgIpc) is 2.42. The van der Waals surface area contributed by atoms with Gasteiger partial charge in [0.25, 0.3) is 0 Å². The average molecular weight is 306 g/mol. The summed E-state index contributed by atoms with van der Waals surface area (Å²) < 4.78 is 5.25. The van der Waals surface area contributed by atoms with E-state index < -0.39 is 5.60 Å². The van der Waals surface area contributed by atoms with Gasteiger partial charge in [-0.05, 0) is 52.2 Å². The predicted molar refractivity (Wildman–Crippen MR) is 91.0 cm³/mol. The van der Waals surface area contributed by atoms with Crippen LogP contribution in [0.5, 0.6) is 0 Å². The van der Waals surface area contributed by atoms with E-state index in [0.717, 1.165) is 13.0 Å². The fourth-order valence-electron chi connectivity index (χ4n) is 2.08. The maximum Gasteiger partial charge on any atom is 0.407 e. The van der Waals surface area contributed by atoms with Crippen LogP contribution in [0, 0.1) is 0 Å². The number of nitrogens with one attached hydrogen (secondary N) is 2. The minimum atomic E-state index is -0.471. The zero-order valence-electron chi connectivity index (χ0n) is 14.7. The molecule has 0 aliphatic heterocycles. The molecule has 0 bridgehead atoms. The molecule has 4 heteroatoms. The summed E-state index contributed by atoms with van der Waals surface area (Å²) in [5.74, 6) is 0. The molecule has 0 unspecified atom stereocenters. The van der Waals surface area contributed by atoms with Crippen molar-refractivity contribution < 1.29 is 9.53 Å². The lowest BCUT2D eigenvalue weighted by Crippen LogP contribution is -2.49. The molecule has 0 aliphatic carbocycles. The number of alkyl carbamates (subject to hydrolysis) is 1. The summed E-state index contributed by atoms with van der Waals surface area (Å²) in [6, 6.07) is 8.42. The van der Waals surface area contributed by atoms with Crippen molar-refractivity contribution in [2.45, 2.75) is 65.6 Å². The molecule has 0 fully saturated rings. The van der Waals surface area contributed by atoms with E-state index in [4.69, 9.17) is 4.74 Å². The molecule has 0 saturated heterocycles. The zero-order valence-corrected chi connectivity index (χ0v) is 14.7. The molecule has 0 aromatic heterocycles. The van der Waals surface area contributed by atoms with Crippen LogP contribution in [0.25, 0.3) is 0 Å². The molecule has 0 aliphatic rings. The third-order valence-corrected chi connectivity index (χ3v) is 3.33. The lowest BCUT2D eigenvalue weighted by Gasteiger charge is -2.28. The molecular formula is C18H30N2O2. The highest BCUT2D eigenvalue weighted by Gasteiger charge is 2.21. The summed E-state index contributed by atoms with van der Waals surface area (Å²) in [6.45, 7) is 13.2. The minimum absolute atomic E-state index is 0.211. The van der Waals surface area contributed by atoms with Gasteiger partial charge in [-0.1, -0.05) is 31.2 Å². The summed E-state index contributed by atoms with van der Waals surface area (Å²) in [7, 11) is 0. The number of ether oxygens (including phenoxy) is 1. The first-order chi connectivity index (χ1) is 10.1. The molecule has 0 radical (unpaired) electrons. The summed E-state index contributed by atoms with van der Waals surface area (Å²) in [6.07, 6.45) is 0.644. The van der Waals surface area contributed by atoms with Gasteiger partial charge in [0.1, 0.15) is 5.60 Å². The Labute approximate surface area is 134 Å². The van der Waals surface area contributed by atoms with Gasteiger partial charge in [0.05, 0.1) is 0 Å². The molecule has 124 valence electrons. The maximum absolute atomic E-state index is 11.7. The number of carbonyl (C=O) groups excluding carboxylic acids is 1. The third kappa shape index (κ3) is 6.94. The van der Waals surface area contributed by atoms with E-state index in [-0.39, 0.29) is 11.6 Å². The molecule has 0 heterocycles. The van der Waals surface area contributed by atoms with Gasteiger partial charge in [-0.25, -0.2) is 4.79 Å². The fraction of sp³-hybridized carbons (Fsp3) is 0.611. The lowest BCUT2D eigenvalue weighted by molar-refractivity contribution is 0.0513. The summed E-state index contributed by atoms with van der Waals surface area (Å²) in [5, 5.41) is 6.32.